The fraction of sp³-hybridized carbons (Fsp3) is 0.333. The first-order valence-corrected chi connectivity index (χ1v) is 7.34. The Morgan fingerprint density at radius 2 is 1.86 bits per heavy atom. The molecule has 0 aliphatic carbocycles. The van der Waals surface area contributed by atoms with Crippen molar-refractivity contribution < 1.29 is 8.78 Å². The lowest BCUT2D eigenvalue weighted by atomic mass is 9.98. The summed E-state index contributed by atoms with van der Waals surface area (Å²) in [6.45, 7) is 4.87. The highest BCUT2D eigenvalue weighted by Crippen LogP contribution is 2.21. The molecule has 21 heavy (non-hydrogen) atoms. The van der Waals surface area contributed by atoms with Gasteiger partial charge in [-0.1, -0.05) is 42.8 Å². The molecule has 112 valence electrons. The summed E-state index contributed by atoms with van der Waals surface area (Å²) >= 11 is 0. The zero-order valence-corrected chi connectivity index (χ0v) is 12.5. The molecule has 0 aliphatic rings. The first-order valence-electron chi connectivity index (χ1n) is 7.34. The topological polar surface area (TPSA) is 12.0 Å². The molecule has 1 unspecified atom stereocenters. The predicted octanol–water partition coefficient (Wildman–Crippen LogP) is 4.56. The SMILES string of the molecule is CCNC(CCc1cccc(C)c1)c1ccc(F)c(F)c1. The van der Waals surface area contributed by atoms with Crippen molar-refractivity contribution in [3.63, 3.8) is 0 Å². The maximum absolute atomic E-state index is 13.4. The van der Waals surface area contributed by atoms with E-state index in [2.05, 4.69) is 30.4 Å². The van der Waals surface area contributed by atoms with Crippen LogP contribution in [0.15, 0.2) is 42.5 Å². The number of hydrogen-bond acceptors (Lipinski definition) is 1. The first-order chi connectivity index (χ1) is 10.1. The van der Waals surface area contributed by atoms with Gasteiger partial charge in [0.15, 0.2) is 11.6 Å². The van der Waals surface area contributed by atoms with Gasteiger partial charge in [0.05, 0.1) is 0 Å². The third kappa shape index (κ3) is 4.36. The fourth-order valence-electron chi connectivity index (χ4n) is 2.54. The van der Waals surface area contributed by atoms with Crippen LogP contribution >= 0.6 is 0 Å². The molecule has 1 atom stereocenters. The highest BCUT2D eigenvalue weighted by Gasteiger charge is 2.13. The average Bonchev–Trinajstić information content (AvgIpc) is 2.46. The van der Waals surface area contributed by atoms with E-state index in [-0.39, 0.29) is 6.04 Å². The zero-order chi connectivity index (χ0) is 15.2. The summed E-state index contributed by atoms with van der Waals surface area (Å²) in [5, 5.41) is 3.34. The quantitative estimate of drug-likeness (QED) is 0.822. The van der Waals surface area contributed by atoms with Crippen molar-refractivity contribution in [3.05, 3.63) is 70.8 Å². The largest absolute Gasteiger partial charge is 0.310 e. The number of rotatable bonds is 6. The second-order valence-electron chi connectivity index (χ2n) is 5.31. The van der Waals surface area contributed by atoms with E-state index in [1.165, 1.54) is 23.3 Å². The van der Waals surface area contributed by atoms with Crippen molar-refractivity contribution in [2.45, 2.75) is 32.7 Å². The molecule has 0 saturated carbocycles. The van der Waals surface area contributed by atoms with E-state index in [1.54, 1.807) is 6.07 Å². The van der Waals surface area contributed by atoms with Gasteiger partial charge in [-0.15, -0.1) is 0 Å². The summed E-state index contributed by atoms with van der Waals surface area (Å²) in [6.07, 6.45) is 1.75. The van der Waals surface area contributed by atoms with Gasteiger partial charge in [0.25, 0.3) is 0 Å². The summed E-state index contributed by atoms with van der Waals surface area (Å²) in [7, 11) is 0. The molecule has 1 N–H and O–H groups in total. The Labute approximate surface area is 125 Å². The molecule has 0 aliphatic heterocycles. The molecular formula is C18H21F2N. The number of halogens is 2. The van der Waals surface area contributed by atoms with Crippen LogP contribution in [0.3, 0.4) is 0 Å². The molecule has 0 heterocycles. The molecule has 0 bridgehead atoms. The van der Waals surface area contributed by atoms with Gasteiger partial charge >= 0.3 is 0 Å². The van der Waals surface area contributed by atoms with Crippen molar-refractivity contribution in [1.82, 2.24) is 5.32 Å². The summed E-state index contributed by atoms with van der Waals surface area (Å²) in [6, 6.07) is 12.6. The van der Waals surface area contributed by atoms with Crippen molar-refractivity contribution in [3.8, 4) is 0 Å². The Morgan fingerprint density at radius 3 is 2.52 bits per heavy atom. The summed E-state index contributed by atoms with van der Waals surface area (Å²) < 4.78 is 26.4. The van der Waals surface area contributed by atoms with Gasteiger partial charge in [0.1, 0.15) is 0 Å². The summed E-state index contributed by atoms with van der Waals surface area (Å²) in [4.78, 5) is 0. The molecule has 1 nitrogen and oxygen atoms in total. The Hall–Kier alpha value is -1.74. The van der Waals surface area contributed by atoms with Crippen molar-refractivity contribution in [2.24, 2.45) is 0 Å². The highest BCUT2D eigenvalue weighted by molar-refractivity contribution is 5.24. The van der Waals surface area contributed by atoms with Crippen molar-refractivity contribution in [2.75, 3.05) is 6.54 Å². The zero-order valence-electron chi connectivity index (χ0n) is 12.5. The van der Waals surface area contributed by atoms with Crippen molar-refractivity contribution >= 4 is 0 Å². The van der Waals surface area contributed by atoms with Crippen LogP contribution in [-0.2, 0) is 6.42 Å². The van der Waals surface area contributed by atoms with Crippen LogP contribution in [0, 0.1) is 18.6 Å². The van der Waals surface area contributed by atoms with E-state index in [1.807, 2.05) is 13.0 Å². The predicted molar refractivity (Wildman–Crippen MR) is 82.3 cm³/mol. The molecule has 2 aromatic rings. The molecule has 0 aromatic heterocycles. The van der Waals surface area contributed by atoms with Gasteiger partial charge in [-0.2, -0.15) is 0 Å². The van der Waals surface area contributed by atoms with Gasteiger partial charge in [0.2, 0.25) is 0 Å². The normalized spacial score (nSPS) is 12.4. The molecule has 3 heteroatoms. The van der Waals surface area contributed by atoms with E-state index < -0.39 is 11.6 Å². The van der Waals surface area contributed by atoms with E-state index in [4.69, 9.17) is 0 Å². The lowest BCUT2D eigenvalue weighted by Gasteiger charge is -2.18. The molecule has 0 radical (unpaired) electrons. The second kappa shape index (κ2) is 7.32. The highest BCUT2D eigenvalue weighted by atomic mass is 19.2. The minimum Gasteiger partial charge on any atom is -0.310 e. The number of hydrogen-bond donors (Lipinski definition) is 1. The maximum atomic E-state index is 13.4. The molecular weight excluding hydrogens is 268 g/mol. The standard InChI is InChI=1S/C18H21F2N/c1-3-21-18(15-8-9-16(19)17(20)12-15)10-7-14-6-4-5-13(2)11-14/h4-6,8-9,11-12,18,21H,3,7,10H2,1-2H3. The Morgan fingerprint density at radius 1 is 1.05 bits per heavy atom. The molecule has 0 spiro atoms. The smallest absolute Gasteiger partial charge is 0.159 e. The van der Waals surface area contributed by atoms with Gasteiger partial charge < -0.3 is 5.32 Å². The Bertz CT molecular complexity index is 596. The molecule has 0 saturated heterocycles. The fourth-order valence-corrected chi connectivity index (χ4v) is 2.54. The lowest BCUT2D eigenvalue weighted by Crippen LogP contribution is -2.21. The van der Waals surface area contributed by atoms with Gasteiger partial charge in [0, 0.05) is 6.04 Å². The van der Waals surface area contributed by atoms with Crippen LogP contribution in [-0.4, -0.2) is 6.54 Å². The third-order valence-corrected chi connectivity index (χ3v) is 3.60. The molecule has 2 aromatic carbocycles. The van der Waals surface area contributed by atoms with Crippen LogP contribution < -0.4 is 5.32 Å². The molecule has 2 rings (SSSR count). The maximum Gasteiger partial charge on any atom is 0.159 e. The minimum atomic E-state index is -0.798. The lowest BCUT2D eigenvalue weighted by molar-refractivity contribution is 0.488. The van der Waals surface area contributed by atoms with Crippen LogP contribution in [0.1, 0.15) is 36.1 Å². The first kappa shape index (κ1) is 15.6. The summed E-state index contributed by atoms with van der Waals surface area (Å²) in [5.74, 6) is -1.58. The van der Waals surface area contributed by atoms with Gasteiger partial charge in [-0.25, -0.2) is 8.78 Å². The van der Waals surface area contributed by atoms with E-state index in [0.717, 1.165) is 24.9 Å². The van der Waals surface area contributed by atoms with E-state index in [0.29, 0.717) is 0 Å². The van der Waals surface area contributed by atoms with E-state index >= 15 is 0 Å². The molecule has 0 amide bonds. The molecule has 0 fully saturated rings. The average molecular weight is 289 g/mol. The van der Waals surface area contributed by atoms with E-state index in [9.17, 15) is 8.78 Å². The number of nitrogens with one attached hydrogen (secondary N) is 1. The Balaban J connectivity index is 2.09. The van der Waals surface area contributed by atoms with Crippen LogP contribution in [0.25, 0.3) is 0 Å². The second-order valence-corrected chi connectivity index (χ2v) is 5.31. The van der Waals surface area contributed by atoms with Gasteiger partial charge in [-0.3, -0.25) is 0 Å². The number of benzene rings is 2. The monoisotopic (exact) mass is 289 g/mol. The van der Waals surface area contributed by atoms with Gasteiger partial charge in [-0.05, 0) is 49.6 Å². The van der Waals surface area contributed by atoms with Crippen molar-refractivity contribution in [1.29, 1.82) is 0 Å². The van der Waals surface area contributed by atoms with Crippen LogP contribution in [0.5, 0.6) is 0 Å². The third-order valence-electron chi connectivity index (χ3n) is 3.60. The van der Waals surface area contributed by atoms with Crippen LogP contribution in [0.4, 0.5) is 8.78 Å². The summed E-state index contributed by atoms with van der Waals surface area (Å²) in [5.41, 5.74) is 3.30. The number of aryl methyl sites for hydroxylation is 2. The Kier molecular flexibility index (Phi) is 5.45. The minimum absolute atomic E-state index is 0.0330. The van der Waals surface area contributed by atoms with Crippen LogP contribution in [0.2, 0.25) is 0 Å².